The van der Waals surface area contributed by atoms with E-state index < -0.39 is 5.51 Å². The molecule has 0 fully saturated rings. The molecular weight excluding hydrogens is 286 g/mol. The van der Waals surface area contributed by atoms with E-state index >= 15 is 0 Å². The third-order valence-electron chi connectivity index (χ3n) is 1.37. The monoisotopic (exact) mass is 287 g/mol. The lowest BCUT2D eigenvalue weighted by molar-refractivity contribution is -0.0328. The van der Waals surface area contributed by atoms with Gasteiger partial charge >= 0.3 is 5.51 Å². The molecule has 0 aromatic heterocycles. The van der Waals surface area contributed by atoms with Crippen molar-refractivity contribution in [2.45, 2.75) is 10.4 Å². The van der Waals surface area contributed by atoms with Crippen LogP contribution in [0, 0.1) is 0 Å². The second-order valence-corrected chi connectivity index (χ2v) is 4.43. The van der Waals surface area contributed by atoms with Crippen molar-refractivity contribution < 1.29 is 13.2 Å². The van der Waals surface area contributed by atoms with Crippen LogP contribution in [0.25, 0.3) is 10.4 Å². The van der Waals surface area contributed by atoms with E-state index in [1.165, 1.54) is 0 Å². The third-order valence-corrected chi connectivity index (χ3v) is 2.65. The summed E-state index contributed by atoms with van der Waals surface area (Å²) in [4.78, 5) is 2.29. The molecule has 1 aromatic rings. The Kier molecular flexibility index (Phi) is 4.21. The lowest BCUT2D eigenvalue weighted by atomic mass is 10.3. The molecule has 3 nitrogen and oxygen atoms in total. The first kappa shape index (κ1) is 13.3. The number of hydrogen-bond acceptors (Lipinski definition) is 2. The summed E-state index contributed by atoms with van der Waals surface area (Å²) in [5, 5.41) is 2.91. The maximum absolute atomic E-state index is 12.0. The van der Waals surface area contributed by atoms with E-state index in [2.05, 4.69) is 10.0 Å². The molecule has 1 aromatic carbocycles. The Bertz CT molecular complexity index is 434. The van der Waals surface area contributed by atoms with Crippen molar-refractivity contribution in [3.63, 3.8) is 0 Å². The maximum Gasteiger partial charge on any atom is 0.446 e. The van der Waals surface area contributed by atoms with Gasteiger partial charge in [0.05, 0.1) is 15.7 Å². The summed E-state index contributed by atoms with van der Waals surface area (Å²) < 4.78 is 36.1. The molecule has 0 aliphatic rings. The molecule has 16 heavy (non-hydrogen) atoms. The summed E-state index contributed by atoms with van der Waals surface area (Å²) in [5.74, 6) is 0. The molecule has 0 atom stereocenters. The van der Waals surface area contributed by atoms with Crippen molar-refractivity contribution in [3.05, 3.63) is 32.6 Å². The molecular formula is C7H2Cl2F3N3S. The second kappa shape index (κ2) is 5.05. The number of hydrogen-bond donors (Lipinski definition) is 0. The minimum atomic E-state index is -4.42. The predicted molar refractivity (Wildman–Crippen MR) is 57.2 cm³/mol. The molecule has 0 spiro atoms. The molecule has 86 valence electrons. The van der Waals surface area contributed by atoms with Gasteiger partial charge in [0.15, 0.2) is 0 Å². The predicted octanol–water partition coefficient (Wildman–Crippen LogP) is 5.55. The van der Waals surface area contributed by atoms with Gasteiger partial charge in [-0.1, -0.05) is 28.3 Å². The zero-order chi connectivity index (χ0) is 12.3. The highest BCUT2D eigenvalue weighted by atomic mass is 35.5. The molecule has 9 heteroatoms. The summed E-state index contributed by atoms with van der Waals surface area (Å²) in [7, 11) is 0. The van der Waals surface area contributed by atoms with Gasteiger partial charge in [-0.2, -0.15) is 13.2 Å². The van der Waals surface area contributed by atoms with E-state index in [0.29, 0.717) is 0 Å². The molecule has 0 amide bonds. The lowest BCUT2D eigenvalue weighted by Crippen LogP contribution is -1.98. The van der Waals surface area contributed by atoms with E-state index in [0.717, 1.165) is 12.1 Å². The normalized spacial score (nSPS) is 11.1. The van der Waals surface area contributed by atoms with Crippen molar-refractivity contribution in [2.75, 3.05) is 0 Å². The highest BCUT2D eigenvalue weighted by Gasteiger charge is 2.29. The van der Waals surface area contributed by atoms with Crippen LogP contribution in [-0.4, -0.2) is 5.51 Å². The molecule has 0 radical (unpaired) electrons. The van der Waals surface area contributed by atoms with Crippen molar-refractivity contribution in [2.24, 2.45) is 5.11 Å². The van der Waals surface area contributed by atoms with Gasteiger partial charge in [-0.3, -0.25) is 0 Å². The van der Waals surface area contributed by atoms with Crippen LogP contribution in [0.3, 0.4) is 0 Å². The van der Waals surface area contributed by atoms with Crippen LogP contribution in [0.15, 0.2) is 22.1 Å². The molecule has 1 rings (SSSR count). The molecule has 0 bridgehead atoms. The van der Waals surface area contributed by atoms with E-state index in [1.807, 2.05) is 0 Å². The Morgan fingerprint density at radius 2 is 1.75 bits per heavy atom. The van der Waals surface area contributed by atoms with Crippen molar-refractivity contribution in [1.82, 2.24) is 0 Å². The number of nitrogens with zero attached hydrogens (tertiary/aromatic N) is 3. The van der Waals surface area contributed by atoms with E-state index in [4.69, 9.17) is 28.7 Å². The Hall–Kier alpha value is -0.750. The Morgan fingerprint density at radius 1 is 1.25 bits per heavy atom. The van der Waals surface area contributed by atoms with Crippen LogP contribution in [0.5, 0.6) is 0 Å². The largest absolute Gasteiger partial charge is 0.446 e. The van der Waals surface area contributed by atoms with Crippen LogP contribution in [0.1, 0.15) is 0 Å². The topological polar surface area (TPSA) is 48.8 Å². The van der Waals surface area contributed by atoms with Gasteiger partial charge in [0.25, 0.3) is 0 Å². The first-order valence-electron chi connectivity index (χ1n) is 3.63. The first-order valence-corrected chi connectivity index (χ1v) is 5.20. The highest BCUT2D eigenvalue weighted by molar-refractivity contribution is 8.00. The molecule has 0 heterocycles. The number of azide groups is 1. The molecule has 0 unspecified atom stereocenters. The SMILES string of the molecule is [N-]=[N+]=Nc1c(Cl)cc(SC(F)(F)F)cc1Cl. The van der Waals surface area contributed by atoms with Crippen molar-refractivity contribution in [1.29, 1.82) is 0 Å². The Balaban J connectivity index is 3.14. The smallest absolute Gasteiger partial charge is 0.160 e. The minimum Gasteiger partial charge on any atom is -0.160 e. The fraction of sp³-hybridized carbons (Fsp3) is 0.143. The van der Waals surface area contributed by atoms with Gasteiger partial charge in [0.2, 0.25) is 0 Å². The van der Waals surface area contributed by atoms with Crippen LogP contribution in [0.2, 0.25) is 10.0 Å². The Morgan fingerprint density at radius 3 is 2.12 bits per heavy atom. The van der Waals surface area contributed by atoms with Gasteiger partial charge in [-0.15, -0.1) is 0 Å². The first-order chi connectivity index (χ1) is 7.33. The Labute approximate surface area is 102 Å². The molecule has 0 saturated heterocycles. The summed E-state index contributed by atoms with van der Waals surface area (Å²) >= 11 is 10.9. The fourth-order valence-corrected chi connectivity index (χ4v) is 2.19. The van der Waals surface area contributed by atoms with Gasteiger partial charge in [-0.25, -0.2) is 0 Å². The van der Waals surface area contributed by atoms with Crippen molar-refractivity contribution in [3.8, 4) is 0 Å². The molecule has 0 saturated carbocycles. The average molecular weight is 288 g/mol. The molecule has 0 aliphatic heterocycles. The standard InChI is InChI=1S/C7H2Cl2F3N3S/c8-4-1-3(16-7(10,11)12)2-5(9)6(4)14-15-13/h1-2H. The van der Waals surface area contributed by atoms with Crippen LogP contribution in [-0.2, 0) is 0 Å². The second-order valence-electron chi connectivity index (χ2n) is 2.47. The van der Waals surface area contributed by atoms with Crippen LogP contribution >= 0.6 is 35.0 Å². The minimum absolute atomic E-state index is 0.0858. The molecule has 0 aliphatic carbocycles. The average Bonchev–Trinajstić information content (AvgIpc) is 2.08. The third kappa shape index (κ3) is 3.68. The highest BCUT2D eigenvalue weighted by Crippen LogP contribution is 2.42. The summed E-state index contributed by atoms with van der Waals surface area (Å²) in [6, 6.07) is 2.07. The number of rotatable bonds is 2. The van der Waals surface area contributed by atoms with E-state index in [1.54, 1.807) is 0 Å². The van der Waals surface area contributed by atoms with Gasteiger partial charge < -0.3 is 0 Å². The zero-order valence-corrected chi connectivity index (χ0v) is 9.62. The van der Waals surface area contributed by atoms with Crippen LogP contribution < -0.4 is 0 Å². The van der Waals surface area contributed by atoms with Gasteiger partial charge in [0, 0.05) is 9.81 Å². The number of halogens is 5. The van der Waals surface area contributed by atoms with Crippen LogP contribution in [0.4, 0.5) is 18.9 Å². The van der Waals surface area contributed by atoms with Gasteiger partial charge in [-0.05, 0) is 29.4 Å². The zero-order valence-electron chi connectivity index (χ0n) is 7.29. The van der Waals surface area contributed by atoms with E-state index in [-0.39, 0.29) is 32.4 Å². The number of benzene rings is 1. The molecule has 0 N–H and O–H groups in total. The lowest BCUT2D eigenvalue weighted by Gasteiger charge is -2.08. The van der Waals surface area contributed by atoms with Crippen molar-refractivity contribution >= 4 is 40.7 Å². The van der Waals surface area contributed by atoms with Gasteiger partial charge in [0.1, 0.15) is 0 Å². The number of alkyl halides is 3. The summed E-state index contributed by atoms with van der Waals surface area (Å²) in [6.45, 7) is 0. The summed E-state index contributed by atoms with van der Waals surface area (Å²) in [5.41, 5.74) is 3.67. The number of thioether (sulfide) groups is 1. The fourth-order valence-electron chi connectivity index (χ4n) is 0.875. The van der Waals surface area contributed by atoms with E-state index in [9.17, 15) is 13.2 Å². The quantitative estimate of drug-likeness (QED) is 0.304. The summed E-state index contributed by atoms with van der Waals surface area (Å²) in [6.07, 6.45) is 0. The maximum atomic E-state index is 12.0.